The van der Waals surface area contributed by atoms with E-state index in [0.717, 1.165) is 11.6 Å². The van der Waals surface area contributed by atoms with E-state index in [1.54, 1.807) is 17.2 Å². The maximum absolute atomic E-state index is 14.9. The van der Waals surface area contributed by atoms with Crippen LogP contribution in [-0.4, -0.2) is 56.0 Å². The highest BCUT2D eigenvalue weighted by Crippen LogP contribution is 2.59. The van der Waals surface area contributed by atoms with Crippen molar-refractivity contribution in [2.45, 2.75) is 74.2 Å². The first kappa shape index (κ1) is 28.5. The van der Waals surface area contributed by atoms with Crippen molar-refractivity contribution in [3.63, 3.8) is 0 Å². The first-order chi connectivity index (χ1) is 21.0. The number of fused-ring (bicyclic) bond motifs is 3. The molecule has 15 heteroatoms. The predicted molar refractivity (Wildman–Crippen MR) is 143 cm³/mol. The summed E-state index contributed by atoms with van der Waals surface area (Å²) < 4.78 is 78.6. The second-order valence-electron chi connectivity index (χ2n) is 11.9. The van der Waals surface area contributed by atoms with Gasteiger partial charge in [-0.25, -0.2) is 23.4 Å². The van der Waals surface area contributed by atoms with E-state index in [1.807, 2.05) is 6.07 Å². The number of urea groups is 1. The Morgan fingerprint density at radius 3 is 2.55 bits per heavy atom. The first-order valence-corrected chi connectivity index (χ1v) is 14.5. The average Bonchev–Trinajstić information content (AvgIpc) is 3.74. The largest absolute Gasteiger partial charge is 0.437 e. The minimum absolute atomic E-state index is 0.0482. The Morgan fingerprint density at radius 1 is 1.05 bits per heavy atom. The molecule has 0 radical (unpaired) electrons. The van der Waals surface area contributed by atoms with Crippen LogP contribution in [0.1, 0.15) is 73.3 Å². The summed E-state index contributed by atoms with van der Waals surface area (Å²) in [4.78, 5) is 31.5. The van der Waals surface area contributed by atoms with Crippen LogP contribution in [0.2, 0.25) is 0 Å². The molecular weight excluding hydrogens is 589 g/mol. The van der Waals surface area contributed by atoms with Gasteiger partial charge in [-0.05, 0) is 49.4 Å². The summed E-state index contributed by atoms with van der Waals surface area (Å²) in [5.74, 6) is -2.50. The molecule has 3 aliphatic heterocycles. The summed E-state index contributed by atoms with van der Waals surface area (Å²) in [6.07, 6.45) is -2.86. The van der Waals surface area contributed by atoms with Gasteiger partial charge in [-0.15, -0.1) is 10.2 Å². The predicted octanol–water partition coefficient (Wildman–Crippen LogP) is 5.43. The van der Waals surface area contributed by atoms with E-state index in [-0.39, 0.29) is 62.5 Å². The maximum Gasteiger partial charge on any atom is 0.413 e. The molecule has 1 saturated heterocycles. The second-order valence-corrected chi connectivity index (χ2v) is 11.9. The highest BCUT2D eigenvalue weighted by molar-refractivity contribution is 5.87. The Morgan fingerprint density at radius 2 is 1.82 bits per heavy atom. The number of nitrogens with zero attached hydrogens (tertiary/aromatic N) is 5. The maximum atomic E-state index is 14.9. The number of hydrogen-bond acceptors (Lipinski definition) is 6. The van der Waals surface area contributed by atoms with Crippen molar-refractivity contribution in [3.8, 4) is 0 Å². The molecule has 44 heavy (non-hydrogen) atoms. The van der Waals surface area contributed by atoms with Gasteiger partial charge in [-0.1, -0.05) is 12.1 Å². The topological polar surface area (TPSA) is 114 Å². The normalized spacial score (nSPS) is 23.6. The lowest BCUT2D eigenvalue weighted by Crippen LogP contribution is -2.52. The SMILES string of the molecule is O=C1Nc2ncccc2C2(CCN(C(=O)N[C@@H]3CC[C@@H](c4cccc(F)c4F)Cn4c3nnc4C3(C(F)(F)F)CC3)CC2)O1. The quantitative estimate of drug-likeness (QED) is 0.379. The van der Waals surface area contributed by atoms with Gasteiger partial charge in [0.05, 0.1) is 6.04 Å². The van der Waals surface area contributed by atoms with Crippen molar-refractivity contribution < 1.29 is 36.3 Å². The summed E-state index contributed by atoms with van der Waals surface area (Å²) in [6, 6.07) is 6.03. The molecular formula is C29H28F5N7O3. The molecule has 3 aromatic rings. The van der Waals surface area contributed by atoms with Crippen molar-refractivity contribution in [3.05, 3.63) is 70.9 Å². The highest BCUT2D eigenvalue weighted by atomic mass is 19.4. The number of nitrogens with one attached hydrogen (secondary N) is 2. The van der Waals surface area contributed by atoms with Crippen LogP contribution >= 0.6 is 0 Å². The van der Waals surface area contributed by atoms with Crippen molar-refractivity contribution in [1.29, 1.82) is 0 Å². The summed E-state index contributed by atoms with van der Waals surface area (Å²) in [5, 5.41) is 13.6. The highest BCUT2D eigenvalue weighted by Gasteiger charge is 2.67. The van der Waals surface area contributed by atoms with E-state index in [9.17, 15) is 31.5 Å². The van der Waals surface area contributed by atoms with Crippen molar-refractivity contribution in [1.82, 2.24) is 30.0 Å². The van der Waals surface area contributed by atoms with Gasteiger partial charge < -0.3 is 19.5 Å². The molecule has 1 aromatic carbocycles. The molecule has 232 valence electrons. The van der Waals surface area contributed by atoms with Gasteiger partial charge in [0.15, 0.2) is 17.5 Å². The molecule has 1 spiro atoms. The zero-order chi connectivity index (χ0) is 30.9. The van der Waals surface area contributed by atoms with Crippen LogP contribution in [0.15, 0.2) is 36.5 Å². The summed E-state index contributed by atoms with van der Waals surface area (Å²) in [6.45, 7) is 0.361. The lowest BCUT2D eigenvalue weighted by Gasteiger charge is -2.43. The Labute approximate surface area is 248 Å². The minimum atomic E-state index is -4.57. The number of ether oxygens (including phenoxy) is 1. The van der Waals surface area contributed by atoms with Crippen LogP contribution in [0.4, 0.5) is 37.4 Å². The third-order valence-corrected chi connectivity index (χ3v) is 9.40. The Hall–Kier alpha value is -4.30. The van der Waals surface area contributed by atoms with E-state index >= 15 is 0 Å². The summed E-state index contributed by atoms with van der Waals surface area (Å²) in [7, 11) is 0. The fourth-order valence-corrected chi connectivity index (χ4v) is 6.81. The molecule has 0 unspecified atom stereocenters. The molecule has 2 aromatic heterocycles. The molecule has 4 aliphatic rings. The van der Waals surface area contributed by atoms with E-state index < -0.39 is 52.9 Å². The van der Waals surface area contributed by atoms with Gasteiger partial charge in [-0.2, -0.15) is 13.2 Å². The standard InChI is InChI=1S/C29H28F5N7O3/c30-19-5-1-3-17(21(19)31)16-6-7-20(23-38-39-24(41(23)15-16)27(8-9-27)29(32,33)34)36-25(42)40-13-10-28(11-14-40)18-4-2-12-35-22(18)37-26(43)44-28/h1-5,12,16,20H,6-11,13-15H2,(H,36,42)(H,35,37,43)/t16-,20-/m1/s1. The van der Waals surface area contributed by atoms with Crippen molar-refractivity contribution in [2.75, 3.05) is 18.4 Å². The van der Waals surface area contributed by atoms with Crippen LogP contribution < -0.4 is 10.6 Å². The Balaban J connectivity index is 1.14. The number of alkyl halides is 3. The molecule has 1 aliphatic carbocycles. The third kappa shape index (κ3) is 4.54. The number of likely N-dealkylation sites (tertiary alicyclic amines) is 1. The molecule has 3 amide bonds. The lowest BCUT2D eigenvalue weighted by atomic mass is 9.83. The second kappa shape index (κ2) is 10.1. The number of piperidine rings is 1. The molecule has 1 saturated carbocycles. The average molecular weight is 618 g/mol. The monoisotopic (exact) mass is 617 g/mol. The Kier molecular flexibility index (Phi) is 6.55. The van der Waals surface area contributed by atoms with Crippen LogP contribution in [0, 0.1) is 11.6 Å². The number of hydrogen-bond donors (Lipinski definition) is 2. The zero-order valence-corrected chi connectivity index (χ0v) is 23.3. The number of amides is 3. The smallest absolute Gasteiger partial charge is 0.413 e. The molecule has 7 rings (SSSR count). The number of anilines is 1. The summed E-state index contributed by atoms with van der Waals surface area (Å²) in [5.41, 5.74) is -2.34. The first-order valence-electron chi connectivity index (χ1n) is 14.5. The van der Waals surface area contributed by atoms with E-state index in [4.69, 9.17) is 4.74 Å². The van der Waals surface area contributed by atoms with Gasteiger partial charge in [-0.3, -0.25) is 5.32 Å². The molecule has 10 nitrogen and oxygen atoms in total. The van der Waals surface area contributed by atoms with Gasteiger partial charge in [0, 0.05) is 50.2 Å². The number of benzene rings is 1. The zero-order valence-electron chi connectivity index (χ0n) is 23.3. The van der Waals surface area contributed by atoms with Crippen LogP contribution in [0.25, 0.3) is 0 Å². The van der Waals surface area contributed by atoms with Crippen molar-refractivity contribution in [2.24, 2.45) is 0 Å². The van der Waals surface area contributed by atoms with Gasteiger partial charge in [0.25, 0.3) is 0 Å². The fraction of sp³-hybridized carbons (Fsp3) is 0.483. The number of pyridine rings is 1. The Bertz CT molecular complexity index is 1630. The molecule has 0 bridgehead atoms. The third-order valence-electron chi connectivity index (χ3n) is 9.40. The van der Waals surface area contributed by atoms with E-state index in [1.165, 1.54) is 16.7 Å². The lowest BCUT2D eigenvalue weighted by molar-refractivity contribution is -0.163. The number of halogens is 5. The van der Waals surface area contributed by atoms with Gasteiger partial charge in [0.1, 0.15) is 22.7 Å². The minimum Gasteiger partial charge on any atom is -0.437 e. The van der Waals surface area contributed by atoms with Crippen LogP contribution in [0.5, 0.6) is 0 Å². The summed E-state index contributed by atoms with van der Waals surface area (Å²) >= 11 is 0. The van der Waals surface area contributed by atoms with E-state index in [0.29, 0.717) is 18.7 Å². The number of carbonyl (C=O) groups is 2. The number of rotatable bonds is 3. The van der Waals surface area contributed by atoms with Crippen LogP contribution in [0.3, 0.4) is 0 Å². The molecule has 5 heterocycles. The molecule has 2 N–H and O–H groups in total. The van der Waals surface area contributed by atoms with Crippen molar-refractivity contribution >= 4 is 17.9 Å². The molecule has 2 fully saturated rings. The fourth-order valence-electron chi connectivity index (χ4n) is 6.81. The van der Waals surface area contributed by atoms with E-state index in [2.05, 4.69) is 25.8 Å². The van der Waals surface area contributed by atoms with Crippen LogP contribution in [-0.2, 0) is 22.3 Å². The van der Waals surface area contributed by atoms with Gasteiger partial charge >= 0.3 is 18.3 Å². The number of carbonyl (C=O) groups excluding carboxylic acids is 2. The van der Waals surface area contributed by atoms with Gasteiger partial charge in [0.2, 0.25) is 0 Å². The number of aromatic nitrogens is 4. The molecule has 2 atom stereocenters.